The van der Waals surface area contributed by atoms with E-state index in [1.165, 1.54) is 5.56 Å². The summed E-state index contributed by atoms with van der Waals surface area (Å²) in [6, 6.07) is 17.7. The molecule has 2 aromatic carbocycles. The van der Waals surface area contributed by atoms with Crippen LogP contribution < -0.4 is 0 Å². The highest BCUT2D eigenvalue weighted by atomic mass is 16.6. The van der Waals surface area contributed by atoms with Crippen molar-refractivity contribution in [2.45, 2.75) is 6.92 Å². The average molecular weight is 289 g/mol. The second-order valence-electron chi connectivity index (χ2n) is 5.02. The van der Waals surface area contributed by atoms with E-state index in [0.29, 0.717) is 11.6 Å². The van der Waals surface area contributed by atoms with E-state index in [-0.39, 0.29) is 0 Å². The number of aliphatic imine (C=N–C) groups is 1. The number of hydrogen-bond donors (Lipinski definition) is 0. The van der Waals surface area contributed by atoms with Gasteiger partial charge >= 0.3 is 5.97 Å². The monoisotopic (exact) mass is 289 g/mol. The first-order valence-corrected chi connectivity index (χ1v) is 7.03. The van der Waals surface area contributed by atoms with E-state index in [1.54, 1.807) is 12.2 Å². The van der Waals surface area contributed by atoms with Gasteiger partial charge in [0.05, 0.1) is 0 Å². The molecule has 0 spiro atoms. The van der Waals surface area contributed by atoms with Crippen LogP contribution >= 0.6 is 0 Å². The van der Waals surface area contributed by atoms with Crippen molar-refractivity contribution in [3.63, 3.8) is 0 Å². The Kier molecular flexibility index (Phi) is 3.97. The van der Waals surface area contributed by atoms with Gasteiger partial charge in [-0.25, -0.2) is 9.79 Å². The van der Waals surface area contributed by atoms with E-state index >= 15 is 0 Å². The molecule has 0 saturated carbocycles. The second-order valence-corrected chi connectivity index (χ2v) is 5.02. The summed E-state index contributed by atoms with van der Waals surface area (Å²) in [4.78, 5) is 16.0. The van der Waals surface area contributed by atoms with Gasteiger partial charge in [0.1, 0.15) is 0 Å². The highest BCUT2D eigenvalue weighted by molar-refractivity contribution is 6.11. The highest BCUT2D eigenvalue weighted by Crippen LogP contribution is 2.17. The quantitative estimate of drug-likeness (QED) is 0.632. The number of esters is 1. The van der Waals surface area contributed by atoms with Crippen molar-refractivity contribution < 1.29 is 9.53 Å². The van der Waals surface area contributed by atoms with E-state index in [9.17, 15) is 4.79 Å². The predicted octanol–water partition coefficient (Wildman–Crippen LogP) is 4.00. The largest absolute Gasteiger partial charge is 0.403 e. The molecule has 0 amide bonds. The Balaban J connectivity index is 1.79. The molecule has 3 nitrogen and oxygen atoms in total. The fourth-order valence-corrected chi connectivity index (χ4v) is 2.05. The number of ether oxygens (including phenoxy) is 1. The van der Waals surface area contributed by atoms with Crippen LogP contribution in [0.5, 0.6) is 0 Å². The standard InChI is InChI=1S/C19H15NO2/c1-14-7-9-16(10-8-14)13-17-19(21)22-18(20-17)12-11-15-5-3-2-4-6-15/h2-13H,1H3. The zero-order chi connectivity index (χ0) is 15.4. The summed E-state index contributed by atoms with van der Waals surface area (Å²) in [5.74, 6) is -0.111. The summed E-state index contributed by atoms with van der Waals surface area (Å²) < 4.78 is 5.15. The van der Waals surface area contributed by atoms with Gasteiger partial charge in [-0.2, -0.15) is 0 Å². The Labute approximate surface area is 129 Å². The molecule has 0 N–H and O–H groups in total. The van der Waals surface area contributed by atoms with Crippen LogP contribution in [0.15, 0.2) is 71.4 Å². The van der Waals surface area contributed by atoms with Crippen LogP contribution in [0.3, 0.4) is 0 Å². The Morgan fingerprint density at radius 3 is 2.36 bits per heavy atom. The first kappa shape index (κ1) is 14.0. The van der Waals surface area contributed by atoms with Crippen molar-refractivity contribution >= 4 is 24.0 Å². The van der Waals surface area contributed by atoms with E-state index in [1.807, 2.05) is 67.6 Å². The number of aryl methyl sites for hydroxylation is 1. The second kappa shape index (κ2) is 6.22. The minimum absolute atomic E-state index is 0.312. The molecule has 0 fully saturated rings. The Morgan fingerprint density at radius 1 is 0.909 bits per heavy atom. The molecule has 0 aliphatic carbocycles. The third-order valence-corrected chi connectivity index (χ3v) is 3.24. The van der Waals surface area contributed by atoms with Gasteiger partial charge in [-0.15, -0.1) is 0 Å². The molecule has 1 heterocycles. The molecule has 1 aliphatic heterocycles. The molecule has 1 aliphatic rings. The van der Waals surface area contributed by atoms with E-state index in [0.717, 1.165) is 11.1 Å². The number of carbonyl (C=O) groups is 1. The zero-order valence-electron chi connectivity index (χ0n) is 12.2. The maximum absolute atomic E-state index is 11.8. The maximum atomic E-state index is 11.8. The third kappa shape index (κ3) is 3.38. The number of carbonyl (C=O) groups excluding carboxylic acids is 1. The summed E-state index contributed by atoms with van der Waals surface area (Å²) >= 11 is 0. The number of benzene rings is 2. The molecular weight excluding hydrogens is 274 g/mol. The van der Waals surface area contributed by atoms with Crippen molar-refractivity contribution in [1.82, 2.24) is 0 Å². The topological polar surface area (TPSA) is 38.7 Å². The first-order chi connectivity index (χ1) is 10.7. The van der Waals surface area contributed by atoms with E-state index in [2.05, 4.69) is 4.99 Å². The Morgan fingerprint density at radius 2 is 1.64 bits per heavy atom. The van der Waals surface area contributed by atoms with Gasteiger partial charge < -0.3 is 4.74 Å². The van der Waals surface area contributed by atoms with Crippen LogP contribution in [-0.4, -0.2) is 11.9 Å². The molecule has 3 heteroatoms. The summed E-state index contributed by atoms with van der Waals surface area (Å²) in [5, 5.41) is 0. The summed E-state index contributed by atoms with van der Waals surface area (Å²) in [6.07, 6.45) is 5.29. The number of cyclic esters (lactones) is 1. The minimum atomic E-state index is -0.423. The van der Waals surface area contributed by atoms with Crippen LogP contribution in [0.2, 0.25) is 0 Å². The van der Waals surface area contributed by atoms with Crippen molar-refractivity contribution in [1.29, 1.82) is 0 Å². The minimum Gasteiger partial charge on any atom is -0.403 e. The van der Waals surface area contributed by atoms with Crippen LogP contribution in [-0.2, 0) is 9.53 Å². The Bertz CT molecular complexity index is 769. The van der Waals surface area contributed by atoms with Crippen molar-refractivity contribution in [2.24, 2.45) is 4.99 Å². The molecule has 0 radical (unpaired) electrons. The fourth-order valence-electron chi connectivity index (χ4n) is 2.05. The molecule has 2 aromatic rings. The van der Waals surface area contributed by atoms with Crippen molar-refractivity contribution in [3.05, 3.63) is 83.1 Å². The number of rotatable bonds is 3. The van der Waals surface area contributed by atoms with Crippen molar-refractivity contribution in [3.8, 4) is 0 Å². The van der Waals surface area contributed by atoms with Crippen LogP contribution in [0, 0.1) is 6.92 Å². The molecule has 0 saturated heterocycles. The van der Waals surface area contributed by atoms with Gasteiger partial charge in [-0.3, -0.25) is 0 Å². The Hall–Kier alpha value is -2.94. The summed E-state index contributed by atoms with van der Waals surface area (Å²) in [5.41, 5.74) is 3.44. The molecule has 0 aromatic heterocycles. The maximum Gasteiger partial charge on any atom is 0.363 e. The van der Waals surface area contributed by atoms with Gasteiger partial charge in [0.15, 0.2) is 5.70 Å². The lowest BCUT2D eigenvalue weighted by atomic mass is 10.1. The van der Waals surface area contributed by atoms with Crippen molar-refractivity contribution in [2.75, 3.05) is 0 Å². The molecule has 3 rings (SSSR count). The lowest BCUT2D eigenvalue weighted by Crippen LogP contribution is -2.01. The van der Waals surface area contributed by atoms with Crippen LogP contribution in [0.4, 0.5) is 0 Å². The normalized spacial score (nSPS) is 16.1. The predicted molar refractivity (Wildman–Crippen MR) is 88.2 cm³/mol. The summed E-state index contributed by atoms with van der Waals surface area (Å²) in [7, 11) is 0. The lowest BCUT2D eigenvalue weighted by Gasteiger charge is -1.95. The SMILES string of the molecule is Cc1ccc(C=C2N=C(C=Cc3ccccc3)OC2=O)cc1. The lowest BCUT2D eigenvalue weighted by molar-refractivity contribution is -0.129. The summed E-state index contributed by atoms with van der Waals surface area (Å²) in [6.45, 7) is 2.02. The van der Waals surface area contributed by atoms with Gasteiger partial charge in [0.2, 0.25) is 5.90 Å². The van der Waals surface area contributed by atoms with Gasteiger partial charge in [0, 0.05) is 6.08 Å². The average Bonchev–Trinajstić information content (AvgIpc) is 2.89. The number of nitrogens with zero attached hydrogens (tertiary/aromatic N) is 1. The first-order valence-electron chi connectivity index (χ1n) is 7.03. The van der Waals surface area contributed by atoms with Gasteiger partial charge in [0.25, 0.3) is 0 Å². The molecule has 22 heavy (non-hydrogen) atoms. The smallest absolute Gasteiger partial charge is 0.363 e. The third-order valence-electron chi connectivity index (χ3n) is 3.24. The molecule has 0 unspecified atom stereocenters. The van der Waals surface area contributed by atoms with E-state index < -0.39 is 5.97 Å². The van der Waals surface area contributed by atoms with E-state index in [4.69, 9.17) is 4.74 Å². The fraction of sp³-hybridized carbons (Fsp3) is 0.0526. The van der Waals surface area contributed by atoms with Gasteiger partial charge in [-0.1, -0.05) is 60.2 Å². The molecular formula is C19H15NO2. The highest BCUT2D eigenvalue weighted by Gasteiger charge is 2.20. The number of hydrogen-bond acceptors (Lipinski definition) is 3. The molecule has 0 bridgehead atoms. The molecule has 0 atom stereocenters. The van der Waals surface area contributed by atoms with Crippen LogP contribution in [0.25, 0.3) is 12.2 Å². The molecule has 108 valence electrons. The zero-order valence-corrected chi connectivity index (χ0v) is 12.2. The van der Waals surface area contributed by atoms with Crippen LogP contribution in [0.1, 0.15) is 16.7 Å². The van der Waals surface area contributed by atoms with Gasteiger partial charge in [-0.05, 0) is 30.2 Å².